The molecule has 1 aromatic rings. The lowest BCUT2D eigenvalue weighted by molar-refractivity contribution is -0.132. The summed E-state index contributed by atoms with van der Waals surface area (Å²) in [5, 5.41) is 18.4. The van der Waals surface area contributed by atoms with Crippen LogP contribution in [0.3, 0.4) is 0 Å². The quantitative estimate of drug-likeness (QED) is 0.817. The fraction of sp³-hybridized carbons (Fsp3) is 0.214. The Bertz CT molecular complexity index is 524. The summed E-state index contributed by atoms with van der Waals surface area (Å²) in [6, 6.07) is 7.71. The van der Waals surface area contributed by atoms with E-state index in [0.717, 1.165) is 16.7 Å². The molecule has 1 aliphatic carbocycles. The van der Waals surface area contributed by atoms with Gasteiger partial charge in [0.05, 0.1) is 12.2 Å². The van der Waals surface area contributed by atoms with Gasteiger partial charge in [0.1, 0.15) is 0 Å². The maximum absolute atomic E-state index is 11.2. The molecule has 3 heteroatoms. The smallest absolute Gasteiger partial charge is 0.335 e. The molecule has 1 aliphatic rings. The van der Waals surface area contributed by atoms with Crippen molar-refractivity contribution in [2.75, 3.05) is 6.61 Å². The van der Waals surface area contributed by atoms with E-state index in [9.17, 15) is 9.90 Å². The highest BCUT2D eigenvalue weighted by molar-refractivity contribution is 5.98. The molecule has 88 valence electrons. The number of aliphatic carboxylic acids is 1. The maximum atomic E-state index is 11.2. The molecule has 0 amide bonds. The third kappa shape index (κ3) is 2.15. The van der Waals surface area contributed by atoms with Crippen LogP contribution in [-0.2, 0) is 11.2 Å². The van der Waals surface area contributed by atoms with Crippen molar-refractivity contribution in [1.82, 2.24) is 0 Å². The molecule has 0 spiro atoms. The Kier molecular flexibility index (Phi) is 3.11. The number of fused-ring (bicyclic) bond motifs is 1. The average Bonchev–Trinajstić information content (AvgIpc) is 2.36. The molecular formula is C14H14O3. The van der Waals surface area contributed by atoms with Gasteiger partial charge >= 0.3 is 5.97 Å². The first-order chi connectivity index (χ1) is 8.13. The SMILES string of the molecule is CC(CO)=C1Cc2ccccc2C=C1C(=O)O. The van der Waals surface area contributed by atoms with Gasteiger partial charge in [-0.15, -0.1) is 0 Å². The first-order valence-electron chi connectivity index (χ1n) is 5.46. The van der Waals surface area contributed by atoms with Crippen molar-refractivity contribution < 1.29 is 15.0 Å². The predicted molar refractivity (Wildman–Crippen MR) is 65.5 cm³/mol. The monoisotopic (exact) mass is 230 g/mol. The van der Waals surface area contributed by atoms with Crippen LogP contribution in [-0.4, -0.2) is 22.8 Å². The van der Waals surface area contributed by atoms with Crippen molar-refractivity contribution in [1.29, 1.82) is 0 Å². The zero-order valence-electron chi connectivity index (χ0n) is 9.60. The molecule has 1 aromatic carbocycles. The molecule has 0 fully saturated rings. The highest BCUT2D eigenvalue weighted by Crippen LogP contribution is 2.30. The summed E-state index contributed by atoms with van der Waals surface area (Å²) in [6.07, 6.45) is 2.25. The molecule has 0 bridgehead atoms. The van der Waals surface area contributed by atoms with Gasteiger partial charge in [0.2, 0.25) is 0 Å². The summed E-state index contributed by atoms with van der Waals surface area (Å²) in [5.41, 5.74) is 3.77. The average molecular weight is 230 g/mol. The lowest BCUT2D eigenvalue weighted by atomic mass is 9.85. The molecule has 17 heavy (non-hydrogen) atoms. The van der Waals surface area contributed by atoms with Crippen LogP contribution in [0.2, 0.25) is 0 Å². The van der Waals surface area contributed by atoms with Crippen molar-refractivity contribution in [2.45, 2.75) is 13.3 Å². The molecule has 0 radical (unpaired) electrons. The zero-order chi connectivity index (χ0) is 12.4. The Balaban J connectivity index is 2.59. The number of aliphatic hydroxyl groups excluding tert-OH is 1. The van der Waals surface area contributed by atoms with Crippen LogP contribution >= 0.6 is 0 Å². The third-order valence-corrected chi connectivity index (χ3v) is 3.03. The Morgan fingerprint density at radius 2 is 2.06 bits per heavy atom. The fourth-order valence-electron chi connectivity index (χ4n) is 2.03. The van der Waals surface area contributed by atoms with Crippen LogP contribution < -0.4 is 0 Å². The van der Waals surface area contributed by atoms with Crippen molar-refractivity contribution in [3.63, 3.8) is 0 Å². The number of carboxylic acids is 1. The Morgan fingerprint density at radius 1 is 1.35 bits per heavy atom. The van der Waals surface area contributed by atoms with E-state index in [0.29, 0.717) is 12.0 Å². The predicted octanol–water partition coefficient (Wildman–Crippen LogP) is 2.02. The van der Waals surface area contributed by atoms with Crippen molar-refractivity contribution in [3.05, 3.63) is 52.1 Å². The van der Waals surface area contributed by atoms with Crippen LogP contribution in [0, 0.1) is 0 Å². The normalized spacial score (nSPS) is 17.2. The second-order valence-corrected chi connectivity index (χ2v) is 4.16. The molecule has 2 N–H and O–H groups in total. The van der Waals surface area contributed by atoms with Crippen LogP contribution in [0.1, 0.15) is 18.1 Å². The third-order valence-electron chi connectivity index (χ3n) is 3.03. The number of hydrogen-bond acceptors (Lipinski definition) is 2. The molecule has 3 nitrogen and oxygen atoms in total. The topological polar surface area (TPSA) is 57.5 Å². The van der Waals surface area contributed by atoms with Crippen LogP contribution in [0.5, 0.6) is 0 Å². The van der Waals surface area contributed by atoms with Crippen molar-refractivity contribution >= 4 is 12.0 Å². The van der Waals surface area contributed by atoms with E-state index in [1.54, 1.807) is 13.0 Å². The van der Waals surface area contributed by atoms with Gasteiger partial charge in [0.15, 0.2) is 0 Å². The first-order valence-corrected chi connectivity index (χ1v) is 5.46. The number of carbonyl (C=O) groups is 1. The molecule has 0 unspecified atom stereocenters. The van der Waals surface area contributed by atoms with E-state index in [2.05, 4.69) is 0 Å². The van der Waals surface area contributed by atoms with Crippen LogP contribution in [0.15, 0.2) is 41.0 Å². The lowest BCUT2D eigenvalue weighted by Crippen LogP contribution is -2.13. The van der Waals surface area contributed by atoms with Crippen LogP contribution in [0.25, 0.3) is 6.08 Å². The van der Waals surface area contributed by atoms with Crippen molar-refractivity contribution in [3.8, 4) is 0 Å². The number of carboxylic acid groups (broad SMARTS) is 1. The summed E-state index contributed by atoms with van der Waals surface area (Å²) in [5.74, 6) is -0.942. The van der Waals surface area contributed by atoms with E-state index in [-0.39, 0.29) is 12.2 Å². The molecular weight excluding hydrogens is 216 g/mol. The standard InChI is InChI=1S/C14H14O3/c1-9(8-15)12-6-10-4-2-3-5-11(10)7-13(12)14(16)17/h2-5,7,15H,6,8H2,1H3,(H,16,17). The number of benzene rings is 1. The van der Waals surface area contributed by atoms with Crippen LogP contribution in [0.4, 0.5) is 0 Å². The molecule has 0 heterocycles. The van der Waals surface area contributed by atoms with E-state index < -0.39 is 5.97 Å². The van der Waals surface area contributed by atoms with Gasteiger partial charge in [-0.1, -0.05) is 24.3 Å². The lowest BCUT2D eigenvalue weighted by Gasteiger charge is -2.19. The maximum Gasteiger partial charge on any atom is 0.335 e. The number of hydrogen-bond donors (Lipinski definition) is 2. The van der Waals surface area contributed by atoms with Gasteiger partial charge in [-0.05, 0) is 41.7 Å². The van der Waals surface area contributed by atoms with Gasteiger partial charge in [0.25, 0.3) is 0 Å². The van der Waals surface area contributed by atoms with E-state index >= 15 is 0 Å². The first kappa shape index (κ1) is 11.6. The minimum absolute atomic E-state index is 0.109. The second kappa shape index (κ2) is 4.55. The molecule has 0 saturated heterocycles. The molecule has 0 atom stereocenters. The summed E-state index contributed by atoms with van der Waals surface area (Å²) in [6.45, 7) is 1.65. The van der Waals surface area contributed by atoms with E-state index in [1.807, 2.05) is 24.3 Å². The Hall–Kier alpha value is -1.87. The van der Waals surface area contributed by atoms with Gasteiger partial charge < -0.3 is 10.2 Å². The second-order valence-electron chi connectivity index (χ2n) is 4.16. The molecule has 2 rings (SSSR count). The number of rotatable bonds is 2. The van der Waals surface area contributed by atoms with E-state index in [4.69, 9.17) is 5.11 Å². The van der Waals surface area contributed by atoms with Gasteiger partial charge in [-0.2, -0.15) is 0 Å². The highest BCUT2D eigenvalue weighted by atomic mass is 16.4. The van der Waals surface area contributed by atoms with Gasteiger partial charge in [-0.3, -0.25) is 0 Å². The molecule has 0 saturated carbocycles. The zero-order valence-corrected chi connectivity index (χ0v) is 9.60. The molecule has 0 aliphatic heterocycles. The summed E-state index contributed by atoms with van der Waals surface area (Å²) in [7, 11) is 0. The minimum Gasteiger partial charge on any atom is -0.478 e. The molecule has 0 aromatic heterocycles. The summed E-state index contributed by atoms with van der Waals surface area (Å²) in [4.78, 5) is 11.2. The minimum atomic E-state index is -0.942. The summed E-state index contributed by atoms with van der Waals surface area (Å²) < 4.78 is 0. The largest absolute Gasteiger partial charge is 0.478 e. The summed E-state index contributed by atoms with van der Waals surface area (Å²) >= 11 is 0. The Labute approximate surface area is 99.7 Å². The number of aliphatic hydroxyl groups is 1. The fourth-order valence-corrected chi connectivity index (χ4v) is 2.03. The van der Waals surface area contributed by atoms with Gasteiger partial charge in [-0.25, -0.2) is 4.79 Å². The highest BCUT2D eigenvalue weighted by Gasteiger charge is 2.21. The Morgan fingerprint density at radius 3 is 2.71 bits per heavy atom. The van der Waals surface area contributed by atoms with Crippen molar-refractivity contribution in [2.24, 2.45) is 0 Å². The van der Waals surface area contributed by atoms with E-state index in [1.165, 1.54) is 0 Å². The van der Waals surface area contributed by atoms with Gasteiger partial charge in [0, 0.05) is 0 Å².